The highest BCUT2D eigenvalue weighted by Crippen LogP contribution is 2.37. The lowest BCUT2D eigenvalue weighted by molar-refractivity contribution is 0.0691. The number of aromatic nitrogens is 2. The number of rotatable bonds is 9. The van der Waals surface area contributed by atoms with Gasteiger partial charge in [0.05, 0.1) is 0 Å². The second kappa shape index (κ2) is 12.8. The van der Waals surface area contributed by atoms with Crippen LogP contribution in [0.15, 0.2) is 89.1 Å². The molecule has 0 aliphatic heterocycles. The van der Waals surface area contributed by atoms with Gasteiger partial charge in [0.1, 0.15) is 15.7 Å². The molecule has 0 unspecified atom stereocenters. The molecule has 1 aliphatic carbocycles. The Balaban J connectivity index is 1.50. The van der Waals surface area contributed by atoms with Gasteiger partial charge in [0.2, 0.25) is 10.0 Å². The first kappa shape index (κ1) is 30.5. The van der Waals surface area contributed by atoms with Crippen LogP contribution < -0.4 is 5.14 Å². The highest BCUT2D eigenvalue weighted by molar-refractivity contribution is 7.89. The van der Waals surface area contributed by atoms with Gasteiger partial charge in [-0.2, -0.15) is 0 Å². The van der Waals surface area contributed by atoms with Crippen molar-refractivity contribution < 1.29 is 22.7 Å². The molecule has 228 valence electrons. The molecule has 0 radical (unpaired) electrons. The number of nitrogens with zero attached hydrogens (tertiary/aromatic N) is 2. The number of carboxylic acids is 1. The van der Waals surface area contributed by atoms with Gasteiger partial charge in [-0.25, -0.2) is 27.7 Å². The van der Waals surface area contributed by atoms with Gasteiger partial charge in [-0.1, -0.05) is 66.8 Å². The first-order valence-electron chi connectivity index (χ1n) is 14.5. The molecule has 0 spiro atoms. The number of hydrogen-bond donors (Lipinski definition) is 2. The summed E-state index contributed by atoms with van der Waals surface area (Å²) in [4.78, 5) is 15.6. The Labute approximate surface area is 265 Å². The Kier molecular flexibility index (Phi) is 8.67. The fraction of sp³-hybridized carbons (Fsp3) is 0.200. The van der Waals surface area contributed by atoms with E-state index in [-0.39, 0.29) is 12.2 Å². The van der Waals surface area contributed by atoms with Crippen molar-refractivity contribution in [2.45, 2.75) is 43.5 Å². The van der Waals surface area contributed by atoms with Crippen LogP contribution in [0.4, 0.5) is 4.39 Å². The third-order valence-corrected chi connectivity index (χ3v) is 9.80. The summed E-state index contributed by atoms with van der Waals surface area (Å²) in [6, 6.07) is 23.9. The number of hydrogen-bond acceptors (Lipinski definition) is 5. The van der Waals surface area contributed by atoms with Crippen molar-refractivity contribution in [1.29, 1.82) is 0 Å². The largest absolute Gasteiger partial charge is 0.476 e. The molecule has 0 saturated heterocycles. The molecule has 6 rings (SSSR count). The van der Waals surface area contributed by atoms with Gasteiger partial charge >= 0.3 is 5.97 Å². The highest BCUT2D eigenvalue weighted by Gasteiger charge is 2.23. The summed E-state index contributed by atoms with van der Waals surface area (Å²) < 4.78 is 40.8. The molecule has 7 nitrogen and oxygen atoms in total. The van der Waals surface area contributed by atoms with Crippen LogP contribution in [-0.4, -0.2) is 29.0 Å². The maximum atomic E-state index is 15.0. The minimum atomic E-state index is -4.22. The predicted octanol–water partition coefficient (Wildman–Crippen LogP) is 6.75. The fourth-order valence-corrected chi connectivity index (χ4v) is 6.84. The normalized spacial score (nSPS) is 13.2. The lowest BCUT2D eigenvalue weighted by atomic mass is 9.86. The Bertz CT molecular complexity index is 2050. The quantitative estimate of drug-likeness (QED) is 0.173. The topological polar surface area (TPSA) is 115 Å². The van der Waals surface area contributed by atoms with Crippen molar-refractivity contribution in [1.82, 2.24) is 9.55 Å². The molecule has 2 heterocycles. The Morgan fingerprint density at radius 1 is 1.02 bits per heavy atom. The zero-order valence-electron chi connectivity index (χ0n) is 24.2. The molecule has 45 heavy (non-hydrogen) atoms. The summed E-state index contributed by atoms with van der Waals surface area (Å²) in [5.41, 5.74) is 5.89. The maximum absolute atomic E-state index is 15.0. The SMILES string of the molecule is NS(=O)(=O)c1ccc(Cn2c(-c3cccc(C#CC4CCC4)c3)cc(-c3nc(C(=O)O)cs3)c2CCc2ccccc2)cc1F. The minimum Gasteiger partial charge on any atom is -0.476 e. The van der Waals surface area contributed by atoms with E-state index in [0.29, 0.717) is 29.3 Å². The first-order valence-corrected chi connectivity index (χ1v) is 17.0. The highest BCUT2D eigenvalue weighted by atomic mass is 32.2. The summed E-state index contributed by atoms with van der Waals surface area (Å²) in [6.45, 7) is 0.219. The van der Waals surface area contributed by atoms with Crippen LogP contribution in [0.3, 0.4) is 0 Å². The van der Waals surface area contributed by atoms with Gasteiger partial charge in [0.25, 0.3) is 0 Å². The first-order chi connectivity index (χ1) is 21.7. The number of halogens is 1. The maximum Gasteiger partial charge on any atom is 0.355 e. The number of carbonyl (C=O) groups is 1. The molecule has 3 N–H and O–H groups in total. The van der Waals surface area contributed by atoms with E-state index in [1.54, 1.807) is 6.07 Å². The molecule has 1 fully saturated rings. The number of primary sulfonamides is 1. The summed E-state index contributed by atoms with van der Waals surface area (Å²) in [5, 5.41) is 16.9. The number of thiazole rings is 1. The third-order valence-electron chi connectivity index (χ3n) is 7.98. The van der Waals surface area contributed by atoms with E-state index >= 15 is 0 Å². The van der Waals surface area contributed by atoms with Crippen LogP contribution in [0.25, 0.3) is 21.8 Å². The summed E-state index contributed by atoms with van der Waals surface area (Å²) in [6.07, 6.45) is 4.73. The van der Waals surface area contributed by atoms with Crippen molar-refractivity contribution >= 4 is 27.3 Å². The van der Waals surface area contributed by atoms with E-state index in [1.165, 1.54) is 35.3 Å². The molecule has 1 saturated carbocycles. The number of aromatic carboxylic acids is 1. The predicted molar refractivity (Wildman–Crippen MR) is 173 cm³/mol. The van der Waals surface area contributed by atoms with Gasteiger partial charge in [0, 0.05) is 40.4 Å². The number of aryl methyl sites for hydroxylation is 1. The molecular formula is C35H30FN3O4S2. The number of sulfonamides is 1. The van der Waals surface area contributed by atoms with Crippen LogP contribution in [0, 0.1) is 23.6 Å². The van der Waals surface area contributed by atoms with Gasteiger partial charge in [-0.05, 0) is 72.7 Å². The lowest BCUT2D eigenvalue weighted by Gasteiger charge is -2.18. The molecule has 3 aromatic carbocycles. The molecule has 2 aromatic heterocycles. The van der Waals surface area contributed by atoms with E-state index in [0.717, 1.165) is 46.5 Å². The van der Waals surface area contributed by atoms with Crippen LogP contribution in [0.2, 0.25) is 0 Å². The third kappa shape index (κ3) is 6.91. The molecule has 0 atom stereocenters. The number of nitrogens with two attached hydrogens (primary N) is 1. The second-order valence-corrected chi connectivity index (χ2v) is 13.5. The molecule has 0 bridgehead atoms. The van der Waals surface area contributed by atoms with Gasteiger partial charge in [-0.3, -0.25) is 0 Å². The molecular weight excluding hydrogens is 610 g/mol. The van der Waals surface area contributed by atoms with Crippen molar-refractivity contribution in [2.75, 3.05) is 0 Å². The Morgan fingerprint density at radius 3 is 2.49 bits per heavy atom. The van der Waals surface area contributed by atoms with Crippen molar-refractivity contribution in [3.05, 3.63) is 118 Å². The Hall–Kier alpha value is -4.56. The van der Waals surface area contributed by atoms with Crippen molar-refractivity contribution in [3.63, 3.8) is 0 Å². The zero-order chi connectivity index (χ0) is 31.6. The van der Waals surface area contributed by atoms with Gasteiger partial charge < -0.3 is 9.67 Å². The fourth-order valence-electron chi connectivity index (χ4n) is 5.42. The summed E-state index contributed by atoms with van der Waals surface area (Å²) in [7, 11) is -4.22. The molecule has 0 amide bonds. The summed E-state index contributed by atoms with van der Waals surface area (Å²) in [5.74, 6) is 5.08. The second-order valence-electron chi connectivity index (χ2n) is 11.1. The van der Waals surface area contributed by atoms with E-state index in [4.69, 9.17) is 5.14 Å². The van der Waals surface area contributed by atoms with Gasteiger partial charge in [0.15, 0.2) is 5.69 Å². The zero-order valence-corrected chi connectivity index (χ0v) is 25.9. The smallest absolute Gasteiger partial charge is 0.355 e. The lowest BCUT2D eigenvalue weighted by Crippen LogP contribution is -2.14. The average molecular weight is 640 g/mol. The van der Waals surface area contributed by atoms with Crippen molar-refractivity contribution in [2.24, 2.45) is 11.1 Å². The van der Waals surface area contributed by atoms with E-state index < -0.39 is 26.7 Å². The van der Waals surface area contributed by atoms with Crippen molar-refractivity contribution in [3.8, 4) is 33.7 Å². The molecule has 5 aromatic rings. The van der Waals surface area contributed by atoms with Crippen LogP contribution >= 0.6 is 11.3 Å². The van der Waals surface area contributed by atoms with Gasteiger partial charge in [-0.15, -0.1) is 11.3 Å². The standard InChI is InChI=1S/C35H30FN3O4S2/c36-29-19-26(15-17-33(29)45(37,42)43)21-39-31(16-14-23-6-2-1-3-7-23)28(34-38-30(22-44-34)35(40)41)20-32(39)27-11-5-10-25(18-27)13-12-24-8-4-9-24/h1-3,5-7,10-11,15,17-20,22,24H,4,8-9,14,16,21H2,(H,40,41)(H2,37,42,43). The van der Waals surface area contributed by atoms with Crippen LogP contribution in [-0.2, 0) is 29.4 Å². The average Bonchev–Trinajstić information content (AvgIpc) is 3.61. The molecule has 1 aliphatic rings. The van der Waals surface area contributed by atoms with E-state index in [2.05, 4.69) is 21.4 Å². The van der Waals surface area contributed by atoms with Crippen LogP contribution in [0.5, 0.6) is 0 Å². The molecule has 10 heteroatoms. The number of benzene rings is 3. The van der Waals surface area contributed by atoms with E-state index in [1.807, 2.05) is 60.7 Å². The summed E-state index contributed by atoms with van der Waals surface area (Å²) >= 11 is 1.25. The monoisotopic (exact) mass is 639 g/mol. The van der Waals surface area contributed by atoms with E-state index in [9.17, 15) is 22.7 Å². The number of carboxylic acid groups (broad SMARTS) is 1. The minimum absolute atomic E-state index is 0.0350. The Morgan fingerprint density at radius 2 is 1.82 bits per heavy atom. The van der Waals surface area contributed by atoms with Crippen LogP contribution in [0.1, 0.15) is 52.1 Å².